The van der Waals surface area contributed by atoms with Gasteiger partial charge in [-0.05, 0) is 44.0 Å². The molecule has 74 valence electrons. The van der Waals surface area contributed by atoms with Crippen LogP contribution in [0.2, 0.25) is 0 Å². The summed E-state index contributed by atoms with van der Waals surface area (Å²) in [5.41, 5.74) is 3.39. The normalized spacial score (nSPS) is 19.6. The van der Waals surface area contributed by atoms with Crippen molar-refractivity contribution < 1.29 is 4.79 Å². The molecule has 14 heavy (non-hydrogen) atoms. The molecule has 2 nitrogen and oxygen atoms in total. The number of aldehydes is 1. The molecule has 0 aliphatic carbocycles. The molecule has 1 aliphatic rings. The van der Waals surface area contributed by atoms with Crippen LogP contribution >= 0.6 is 0 Å². The number of anilines is 1. The molecule has 0 saturated heterocycles. The predicted molar refractivity (Wildman–Crippen MR) is 58.0 cm³/mol. The highest BCUT2D eigenvalue weighted by Gasteiger charge is 2.24. The van der Waals surface area contributed by atoms with E-state index in [2.05, 4.69) is 24.8 Å². The van der Waals surface area contributed by atoms with Gasteiger partial charge in [0.2, 0.25) is 0 Å². The average molecular weight is 189 g/mol. The quantitative estimate of drug-likeness (QED) is 0.665. The summed E-state index contributed by atoms with van der Waals surface area (Å²) >= 11 is 0. The van der Waals surface area contributed by atoms with E-state index in [1.165, 1.54) is 11.3 Å². The van der Waals surface area contributed by atoms with Crippen LogP contribution in [0.1, 0.15) is 29.8 Å². The van der Waals surface area contributed by atoms with E-state index in [1.54, 1.807) is 0 Å². The zero-order valence-electron chi connectivity index (χ0n) is 8.66. The van der Waals surface area contributed by atoms with Crippen molar-refractivity contribution in [1.82, 2.24) is 0 Å². The number of hydrogen-bond acceptors (Lipinski definition) is 2. The molecular formula is C12H15NO. The first kappa shape index (κ1) is 9.25. The predicted octanol–water partition coefficient (Wildman–Crippen LogP) is 2.27. The third-order valence-electron chi connectivity index (χ3n) is 2.94. The maximum atomic E-state index is 10.6. The van der Waals surface area contributed by atoms with E-state index < -0.39 is 0 Å². The Kier molecular flexibility index (Phi) is 2.28. The molecule has 1 atom stereocenters. The second-order valence-corrected chi connectivity index (χ2v) is 3.85. The van der Waals surface area contributed by atoms with Gasteiger partial charge in [-0.3, -0.25) is 4.79 Å². The van der Waals surface area contributed by atoms with Crippen LogP contribution in [0.5, 0.6) is 0 Å². The molecule has 0 saturated carbocycles. The number of benzene rings is 1. The molecule has 0 fully saturated rings. The van der Waals surface area contributed by atoms with E-state index in [0.29, 0.717) is 6.04 Å². The molecule has 0 aromatic heterocycles. The van der Waals surface area contributed by atoms with E-state index in [1.807, 2.05) is 12.1 Å². The molecule has 0 spiro atoms. The number of nitrogens with zero attached hydrogens (tertiary/aromatic N) is 1. The molecule has 2 heteroatoms. The summed E-state index contributed by atoms with van der Waals surface area (Å²) < 4.78 is 0. The summed E-state index contributed by atoms with van der Waals surface area (Å²) in [6, 6.07) is 6.53. The van der Waals surface area contributed by atoms with Gasteiger partial charge in [0.1, 0.15) is 6.29 Å². The fraction of sp³-hybridized carbons (Fsp3) is 0.417. The van der Waals surface area contributed by atoms with Crippen LogP contribution in [-0.2, 0) is 6.42 Å². The van der Waals surface area contributed by atoms with Gasteiger partial charge in [-0.15, -0.1) is 0 Å². The van der Waals surface area contributed by atoms with Crippen molar-refractivity contribution in [2.24, 2.45) is 0 Å². The second kappa shape index (κ2) is 3.45. The van der Waals surface area contributed by atoms with E-state index >= 15 is 0 Å². The first-order chi connectivity index (χ1) is 6.76. The van der Waals surface area contributed by atoms with Gasteiger partial charge in [0, 0.05) is 23.8 Å². The molecule has 1 heterocycles. The Morgan fingerprint density at radius 3 is 3.00 bits per heavy atom. The van der Waals surface area contributed by atoms with Crippen LogP contribution in [0.25, 0.3) is 0 Å². The molecule has 1 aliphatic heterocycles. The second-order valence-electron chi connectivity index (χ2n) is 3.85. The van der Waals surface area contributed by atoms with Crippen molar-refractivity contribution in [2.75, 3.05) is 11.4 Å². The van der Waals surface area contributed by atoms with Gasteiger partial charge in [0.05, 0.1) is 0 Å². The van der Waals surface area contributed by atoms with Crippen molar-refractivity contribution in [3.05, 3.63) is 29.3 Å². The first-order valence-electron chi connectivity index (χ1n) is 5.11. The molecule has 2 rings (SSSR count). The Labute approximate surface area is 84.5 Å². The molecule has 0 bridgehead atoms. The van der Waals surface area contributed by atoms with E-state index in [-0.39, 0.29) is 0 Å². The monoisotopic (exact) mass is 189 g/mol. The zero-order chi connectivity index (χ0) is 10.1. The highest BCUT2D eigenvalue weighted by atomic mass is 16.1. The zero-order valence-corrected chi connectivity index (χ0v) is 8.66. The Morgan fingerprint density at radius 2 is 2.36 bits per heavy atom. The lowest BCUT2D eigenvalue weighted by atomic mass is 10.1. The van der Waals surface area contributed by atoms with Crippen molar-refractivity contribution in [1.29, 1.82) is 0 Å². The minimum atomic E-state index is 0.567. The fourth-order valence-electron chi connectivity index (χ4n) is 2.27. The third kappa shape index (κ3) is 1.31. The Hall–Kier alpha value is -1.31. The fourth-order valence-corrected chi connectivity index (χ4v) is 2.27. The van der Waals surface area contributed by atoms with Gasteiger partial charge in [-0.25, -0.2) is 0 Å². The van der Waals surface area contributed by atoms with Crippen molar-refractivity contribution in [3.63, 3.8) is 0 Å². The molecule has 1 aromatic rings. The number of carbonyl (C=O) groups excluding carboxylic acids is 1. The minimum Gasteiger partial charge on any atom is -0.369 e. The number of carbonyl (C=O) groups is 1. The summed E-state index contributed by atoms with van der Waals surface area (Å²) in [4.78, 5) is 13.0. The topological polar surface area (TPSA) is 20.3 Å². The summed E-state index contributed by atoms with van der Waals surface area (Å²) in [6.07, 6.45) is 1.98. The van der Waals surface area contributed by atoms with Crippen LogP contribution in [0.3, 0.4) is 0 Å². The first-order valence-corrected chi connectivity index (χ1v) is 5.11. The molecule has 0 unspecified atom stereocenters. The van der Waals surface area contributed by atoms with Crippen LogP contribution in [-0.4, -0.2) is 18.9 Å². The lowest BCUT2D eigenvalue weighted by molar-refractivity contribution is 0.112. The lowest BCUT2D eigenvalue weighted by Gasteiger charge is -2.22. The lowest BCUT2D eigenvalue weighted by Crippen LogP contribution is -2.28. The van der Waals surface area contributed by atoms with Crippen molar-refractivity contribution in [2.45, 2.75) is 26.3 Å². The summed E-state index contributed by atoms with van der Waals surface area (Å²) in [5.74, 6) is 0. The van der Waals surface area contributed by atoms with Crippen LogP contribution in [0, 0.1) is 0 Å². The molecule has 1 aromatic carbocycles. The van der Waals surface area contributed by atoms with Gasteiger partial charge >= 0.3 is 0 Å². The maximum absolute atomic E-state index is 10.6. The van der Waals surface area contributed by atoms with Gasteiger partial charge in [-0.1, -0.05) is 0 Å². The Bertz CT molecular complexity index is 359. The number of rotatable bonds is 2. The van der Waals surface area contributed by atoms with Crippen molar-refractivity contribution >= 4 is 12.0 Å². The smallest absolute Gasteiger partial charge is 0.150 e. The van der Waals surface area contributed by atoms with Crippen molar-refractivity contribution in [3.8, 4) is 0 Å². The molecule has 0 amide bonds. The average Bonchev–Trinajstić information content (AvgIpc) is 2.51. The SMILES string of the molecule is CCN1c2ccc(C=O)cc2C[C@@H]1C. The standard InChI is InChI=1S/C12H15NO/c1-3-13-9(2)6-11-7-10(8-14)4-5-12(11)13/h4-5,7-9H,3,6H2,1-2H3/t9-/m0/s1. The largest absolute Gasteiger partial charge is 0.369 e. The van der Waals surface area contributed by atoms with Gasteiger partial charge < -0.3 is 4.90 Å². The van der Waals surface area contributed by atoms with Gasteiger partial charge in [-0.2, -0.15) is 0 Å². The van der Waals surface area contributed by atoms with E-state index in [4.69, 9.17) is 0 Å². The summed E-state index contributed by atoms with van der Waals surface area (Å²) in [7, 11) is 0. The molecular weight excluding hydrogens is 174 g/mol. The Morgan fingerprint density at radius 1 is 1.57 bits per heavy atom. The molecule has 0 N–H and O–H groups in total. The van der Waals surface area contributed by atoms with Gasteiger partial charge in [0.25, 0.3) is 0 Å². The minimum absolute atomic E-state index is 0.567. The molecule has 0 radical (unpaired) electrons. The third-order valence-corrected chi connectivity index (χ3v) is 2.94. The highest BCUT2D eigenvalue weighted by molar-refractivity contribution is 5.77. The number of hydrogen-bond donors (Lipinski definition) is 0. The Balaban J connectivity index is 2.42. The van der Waals surface area contributed by atoms with E-state index in [0.717, 1.165) is 24.8 Å². The van der Waals surface area contributed by atoms with Gasteiger partial charge in [0.15, 0.2) is 0 Å². The maximum Gasteiger partial charge on any atom is 0.150 e. The number of likely N-dealkylation sites (N-methyl/N-ethyl adjacent to an activating group) is 1. The van der Waals surface area contributed by atoms with Crippen LogP contribution in [0.15, 0.2) is 18.2 Å². The highest BCUT2D eigenvalue weighted by Crippen LogP contribution is 2.31. The van der Waals surface area contributed by atoms with E-state index in [9.17, 15) is 4.79 Å². The summed E-state index contributed by atoms with van der Waals surface area (Å²) in [5, 5.41) is 0. The van der Waals surface area contributed by atoms with Crippen LogP contribution < -0.4 is 4.90 Å². The summed E-state index contributed by atoms with van der Waals surface area (Å²) in [6.45, 7) is 5.43. The van der Waals surface area contributed by atoms with Crippen LogP contribution in [0.4, 0.5) is 5.69 Å². The number of fused-ring (bicyclic) bond motifs is 1.